The van der Waals surface area contributed by atoms with Crippen LogP contribution in [0.2, 0.25) is 0 Å². The van der Waals surface area contributed by atoms with E-state index in [-0.39, 0.29) is 17.9 Å². The molecule has 0 saturated carbocycles. The van der Waals surface area contributed by atoms with E-state index in [9.17, 15) is 9.59 Å². The van der Waals surface area contributed by atoms with Gasteiger partial charge in [-0.25, -0.2) is 4.98 Å². The molecular formula is C13H11I2N3O2. The van der Waals surface area contributed by atoms with Crippen LogP contribution in [0.5, 0.6) is 0 Å². The van der Waals surface area contributed by atoms with Crippen LogP contribution in [0, 0.1) is 14.1 Å². The molecule has 0 aliphatic rings. The van der Waals surface area contributed by atoms with Gasteiger partial charge in [-0.05, 0) is 69.8 Å². The fourth-order valence-corrected chi connectivity index (χ4v) is 3.42. The van der Waals surface area contributed by atoms with E-state index in [1.54, 1.807) is 29.2 Å². The van der Waals surface area contributed by atoms with Gasteiger partial charge in [-0.15, -0.1) is 0 Å². The highest BCUT2D eigenvalue weighted by atomic mass is 127. The summed E-state index contributed by atoms with van der Waals surface area (Å²) in [6.45, 7) is 2.08. The van der Waals surface area contributed by atoms with Crippen LogP contribution < -0.4 is 10.7 Å². The summed E-state index contributed by atoms with van der Waals surface area (Å²) in [5.74, 6) is 0.346. The Hall–Kier alpha value is -0.970. The van der Waals surface area contributed by atoms with Gasteiger partial charge in [-0.2, -0.15) is 0 Å². The lowest BCUT2D eigenvalue weighted by Crippen LogP contribution is -2.22. The average Bonchev–Trinajstić information content (AvgIpc) is 2.35. The summed E-state index contributed by atoms with van der Waals surface area (Å²) in [5.41, 5.74) is 1.02. The first-order valence-corrected chi connectivity index (χ1v) is 7.89. The van der Waals surface area contributed by atoms with Crippen molar-refractivity contribution < 1.29 is 4.79 Å². The maximum atomic E-state index is 11.9. The largest absolute Gasteiger partial charge is 0.343 e. The minimum Gasteiger partial charge on any atom is -0.343 e. The van der Waals surface area contributed by atoms with Gasteiger partial charge in [-0.1, -0.05) is 0 Å². The first kappa shape index (κ1) is 15.4. The molecule has 7 heteroatoms. The highest BCUT2D eigenvalue weighted by Gasteiger charge is 2.07. The summed E-state index contributed by atoms with van der Waals surface area (Å²) in [7, 11) is 0. The molecule has 0 bridgehead atoms. The van der Waals surface area contributed by atoms with Gasteiger partial charge in [0.05, 0.1) is 7.14 Å². The van der Waals surface area contributed by atoms with Gasteiger partial charge in [-0.3, -0.25) is 9.59 Å². The number of amides is 1. The zero-order valence-corrected chi connectivity index (χ0v) is 14.9. The Balaban J connectivity index is 2.10. The minimum atomic E-state index is -0.182. The van der Waals surface area contributed by atoms with E-state index in [2.05, 4.69) is 10.3 Å². The third kappa shape index (κ3) is 4.01. The molecular weight excluding hydrogens is 484 g/mol. The molecule has 0 aliphatic carbocycles. The monoisotopic (exact) mass is 495 g/mol. The van der Waals surface area contributed by atoms with Crippen molar-refractivity contribution in [3.05, 3.63) is 53.7 Å². The molecule has 5 nitrogen and oxygen atoms in total. The van der Waals surface area contributed by atoms with Gasteiger partial charge in [0, 0.05) is 18.6 Å². The minimum absolute atomic E-state index is 0.0109. The molecule has 0 saturated heterocycles. The first-order chi connectivity index (χ1) is 9.45. The first-order valence-electron chi connectivity index (χ1n) is 5.73. The predicted octanol–water partition coefficient (Wildman–Crippen LogP) is 2.40. The van der Waals surface area contributed by atoms with E-state index in [0.717, 1.165) is 5.56 Å². The molecule has 2 heterocycles. The Morgan fingerprint density at radius 1 is 1.35 bits per heavy atom. The number of nitrogens with one attached hydrogen (secondary N) is 1. The standard InChI is InChI=1S/C13H11I2N3O2/c1-8-2-3-16-11(4-8)17-12(19)7-18-5-9(14)13(20)10(15)6-18/h2-6H,7H2,1H3,(H,16,17,19). The van der Waals surface area contributed by atoms with Gasteiger partial charge in [0.1, 0.15) is 12.4 Å². The number of pyridine rings is 2. The van der Waals surface area contributed by atoms with Gasteiger partial charge >= 0.3 is 0 Å². The molecule has 0 unspecified atom stereocenters. The number of aromatic nitrogens is 2. The lowest BCUT2D eigenvalue weighted by atomic mass is 10.3. The number of hydrogen-bond acceptors (Lipinski definition) is 3. The van der Waals surface area contributed by atoms with Crippen LogP contribution >= 0.6 is 45.2 Å². The molecule has 0 radical (unpaired) electrons. The highest BCUT2D eigenvalue weighted by Crippen LogP contribution is 2.07. The zero-order chi connectivity index (χ0) is 14.7. The van der Waals surface area contributed by atoms with Crippen molar-refractivity contribution >= 4 is 56.9 Å². The van der Waals surface area contributed by atoms with Crippen molar-refractivity contribution in [1.29, 1.82) is 0 Å². The quantitative estimate of drug-likeness (QED) is 0.666. The lowest BCUT2D eigenvalue weighted by Gasteiger charge is -2.08. The average molecular weight is 495 g/mol. The third-order valence-corrected chi connectivity index (χ3v) is 4.04. The topological polar surface area (TPSA) is 64.0 Å². The fourth-order valence-electron chi connectivity index (χ4n) is 1.60. The number of halogens is 2. The van der Waals surface area contributed by atoms with Crippen LogP contribution in [0.4, 0.5) is 5.82 Å². The summed E-state index contributed by atoms with van der Waals surface area (Å²) in [6.07, 6.45) is 4.97. The van der Waals surface area contributed by atoms with Crippen LogP contribution in [0.1, 0.15) is 5.56 Å². The zero-order valence-electron chi connectivity index (χ0n) is 10.6. The maximum Gasteiger partial charge on any atom is 0.245 e. The van der Waals surface area contributed by atoms with Crippen molar-refractivity contribution in [3.63, 3.8) is 0 Å². The number of carbonyl (C=O) groups excluding carboxylic acids is 1. The van der Waals surface area contributed by atoms with Gasteiger partial charge in [0.15, 0.2) is 0 Å². The van der Waals surface area contributed by atoms with Gasteiger partial charge < -0.3 is 9.88 Å². The van der Waals surface area contributed by atoms with Crippen LogP contribution in [-0.4, -0.2) is 15.5 Å². The van der Waals surface area contributed by atoms with E-state index in [1.807, 2.05) is 58.2 Å². The number of anilines is 1. The summed E-state index contributed by atoms with van der Waals surface area (Å²) in [5, 5.41) is 2.73. The van der Waals surface area contributed by atoms with Crippen molar-refractivity contribution in [3.8, 4) is 0 Å². The molecule has 1 amide bonds. The Bertz CT molecular complexity index is 687. The normalized spacial score (nSPS) is 10.3. The van der Waals surface area contributed by atoms with Crippen molar-refractivity contribution in [2.24, 2.45) is 0 Å². The van der Waals surface area contributed by atoms with Crippen LogP contribution in [-0.2, 0) is 11.3 Å². The summed E-state index contributed by atoms with van der Waals surface area (Å²) >= 11 is 3.94. The van der Waals surface area contributed by atoms with Crippen LogP contribution in [0.15, 0.2) is 35.5 Å². The van der Waals surface area contributed by atoms with E-state index >= 15 is 0 Å². The molecule has 0 aliphatic heterocycles. The van der Waals surface area contributed by atoms with E-state index < -0.39 is 0 Å². The van der Waals surface area contributed by atoms with Gasteiger partial charge in [0.25, 0.3) is 0 Å². The molecule has 0 atom stereocenters. The Labute approximate surface area is 143 Å². The van der Waals surface area contributed by atoms with E-state index in [0.29, 0.717) is 13.0 Å². The number of carbonyl (C=O) groups is 1. The van der Waals surface area contributed by atoms with Crippen LogP contribution in [0.3, 0.4) is 0 Å². The molecule has 1 N–H and O–H groups in total. The molecule has 20 heavy (non-hydrogen) atoms. The Kier molecular flexibility index (Phi) is 5.13. The maximum absolute atomic E-state index is 11.9. The SMILES string of the molecule is Cc1ccnc(NC(=O)Cn2cc(I)c(=O)c(I)c2)c1. The third-order valence-electron chi connectivity index (χ3n) is 2.50. The Morgan fingerprint density at radius 3 is 2.60 bits per heavy atom. The van der Waals surface area contributed by atoms with E-state index in [1.165, 1.54) is 0 Å². The van der Waals surface area contributed by atoms with E-state index in [4.69, 9.17) is 0 Å². The summed E-state index contributed by atoms with van der Waals surface area (Å²) in [4.78, 5) is 27.6. The summed E-state index contributed by atoms with van der Waals surface area (Å²) in [6, 6.07) is 3.67. The lowest BCUT2D eigenvalue weighted by molar-refractivity contribution is -0.116. The molecule has 0 fully saturated rings. The second-order valence-corrected chi connectivity index (χ2v) is 6.55. The second-order valence-electron chi connectivity index (χ2n) is 4.22. The smallest absolute Gasteiger partial charge is 0.245 e. The predicted molar refractivity (Wildman–Crippen MR) is 93.7 cm³/mol. The molecule has 2 rings (SSSR count). The van der Waals surface area contributed by atoms with Crippen LogP contribution in [0.25, 0.3) is 0 Å². The van der Waals surface area contributed by atoms with Gasteiger partial charge in [0.2, 0.25) is 11.3 Å². The molecule has 0 aromatic carbocycles. The van der Waals surface area contributed by atoms with Crippen molar-refractivity contribution in [2.75, 3.05) is 5.32 Å². The molecule has 104 valence electrons. The number of hydrogen-bond donors (Lipinski definition) is 1. The molecule has 2 aromatic rings. The summed E-state index contributed by atoms with van der Waals surface area (Å²) < 4.78 is 2.88. The van der Waals surface area contributed by atoms with Crippen molar-refractivity contribution in [1.82, 2.24) is 9.55 Å². The fraction of sp³-hybridized carbons (Fsp3) is 0.154. The molecule has 0 spiro atoms. The van der Waals surface area contributed by atoms with Crippen molar-refractivity contribution in [2.45, 2.75) is 13.5 Å². The number of aryl methyl sites for hydroxylation is 1. The number of rotatable bonds is 3. The molecule has 2 aromatic heterocycles. The Morgan fingerprint density at radius 2 is 2.00 bits per heavy atom. The number of nitrogens with zero attached hydrogens (tertiary/aromatic N) is 2. The highest BCUT2D eigenvalue weighted by molar-refractivity contribution is 14.1. The second kappa shape index (κ2) is 6.66.